The third kappa shape index (κ3) is 4.55. The molecule has 0 saturated carbocycles. The van der Waals surface area contributed by atoms with Gasteiger partial charge in [0, 0.05) is 11.4 Å². The van der Waals surface area contributed by atoms with Gasteiger partial charge in [-0.1, -0.05) is 30.3 Å². The van der Waals surface area contributed by atoms with Crippen LogP contribution in [0.2, 0.25) is 0 Å². The summed E-state index contributed by atoms with van der Waals surface area (Å²) in [4.78, 5) is 26.0. The first-order valence-electron chi connectivity index (χ1n) is 9.64. The molecule has 2 aromatic rings. The maximum atomic E-state index is 12.4. The Balaban J connectivity index is 1.24. The molecule has 0 atom stereocenters. The second kappa shape index (κ2) is 7.92. The third-order valence-corrected chi connectivity index (χ3v) is 5.46. The molecule has 1 fully saturated rings. The van der Waals surface area contributed by atoms with Crippen LogP contribution in [0.25, 0.3) is 0 Å². The molecule has 5 nitrogen and oxygen atoms in total. The van der Waals surface area contributed by atoms with E-state index in [9.17, 15) is 9.59 Å². The number of likely N-dealkylation sites (tertiary alicyclic amines) is 1. The van der Waals surface area contributed by atoms with Gasteiger partial charge in [0.2, 0.25) is 11.8 Å². The lowest BCUT2D eigenvalue weighted by atomic mass is 9.90. The highest BCUT2D eigenvalue weighted by atomic mass is 16.2. The summed E-state index contributed by atoms with van der Waals surface area (Å²) in [6, 6.07) is 16.2. The fourth-order valence-electron chi connectivity index (χ4n) is 4.01. The molecular weight excluding hydrogens is 338 g/mol. The average molecular weight is 363 g/mol. The summed E-state index contributed by atoms with van der Waals surface area (Å²) >= 11 is 0. The van der Waals surface area contributed by atoms with Crippen LogP contribution in [-0.2, 0) is 22.4 Å². The topological polar surface area (TPSA) is 61.4 Å². The van der Waals surface area contributed by atoms with E-state index in [1.807, 2.05) is 18.2 Å². The highest BCUT2D eigenvalue weighted by Gasteiger charge is 2.22. The van der Waals surface area contributed by atoms with Crippen LogP contribution in [-0.4, -0.2) is 36.3 Å². The zero-order valence-electron chi connectivity index (χ0n) is 15.4. The summed E-state index contributed by atoms with van der Waals surface area (Å²) in [6.45, 7) is 2.35. The Morgan fingerprint density at radius 2 is 1.89 bits per heavy atom. The van der Waals surface area contributed by atoms with Crippen molar-refractivity contribution in [2.24, 2.45) is 5.92 Å². The average Bonchev–Trinajstić information content (AvgIpc) is 3.03. The van der Waals surface area contributed by atoms with Gasteiger partial charge in [-0.2, -0.15) is 0 Å². The lowest BCUT2D eigenvalue weighted by Gasteiger charge is -2.31. The van der Waals surface area contributed by atoms with Crippen molar-refractivity contribution in [2.45, 2.75) is 25.7 Å². The lowest BCUT2D eigenvalue weighted by molar-refractivity contribution is -0.117. The molecule has 4 rings (SSSR count). The van der Waals surface area contributed by atoms with E-state index >= 15 is 0 Å². The third-order valence-electron chi connectivity index (χ3n) is 5.46. The van der Waals surface area contributed by atoms with E-state index in [4.69, 9.17) is 0 Å². The number of anilines is 2. The van der Waals surface area contributed by atoms with Gasteiger partial charge < -0.3 is 10.6 Å². The molecule has 2 aromatic carbocycles. The zero-order chi connectivity index (χ0) is 18.6. The standard InChI is InChI=1S/C22H25N3O2/c26-21-14-18-13-19(6-7-20(18)24-21)23-22(27)15-25-10-8-17(9-11-25)12-16-4-2-1-3-5-16/h1-7,13,17H,8-12,14-15H2,(H,23,27)(H,24,26). The maximum Gasteiger partial charge on any atom is 0.238 e. The number of carbonyl (C=O) groups is 2. The van der Waals surface area contributed by atoms with Gasteiger partial charge in [-0.05, 0) is 67.6 Å². The van der Waals surface area contributed by atoms with Crippen LogP contribution in [0.5, 0.6) is 0 Å². The summed E-state index contributed by atoms with van der Waals surface area (Å²) in [7, 11) is 0. The summed E-state index contributed by atoms with van der Waals surface area (Å²) in [5, 5.41) is 5.77. The quantitative estimate of drug-likeness (QED) is 0.858. The first-order valence-corrected chi connectivity index (χ1v) is 9.64. The predicted molar refractivity (Wildman–Crippen MR) is 107 cm³/mol. The maximum absolute atomic E-state index is 12.4. The molecule has 2 heterocycles. The summed E-state index contributed by atoms with van der Waals surface area (Å²) in [6.07, 6.45) is 3.78. The fraction of sp³-hybridized carbons (Fsp3) is 0.364. The van der Waals surface area contributed by atoms with Gasteiger partial charge in [-0.3, -0.25) is 14.5 Å². The molecule has 27 heavy (non-hydrogen) atoms. The van der Waals surface area contributed by atoms with Crippen molar-refractivity contribution in [3.05, 3.63) is 59.7 Å². The number of carbonyl (C=O) groups excluding carboxylic acids is 2. The minimum absolute atomic E-state index is 0.00634. The Morgan fingerprint density at radius 1 is 1.11 bits per heavy atom. The first-order chi connectivity index (χ1) is 13.2. The molecule has 1 saturated heterocycles. The smallest absolute Gasteiger partial charge is 0.238 e. The molecule has 0 aromatic heterocycles. The summed E-state index contributed by atoms with van der Waals surface area (Å²) in [5.74, 6) is 0.717. The number of amides is 2. The number of nitrogens with zero attached hydrogens (tertiary/aromatic N) is 1. The second-order valence-electron chi connectivity index (χ2n) is 7.55. The van der Waals surface area contributed by atoms with Gasteiger partial charge >= 0.3 is 0 Å². The summed E-state index contributed by atoms with van der Waals surface area (Å²) < 4.78 is 0. The molecule has 2 N–H and O–H groups in total. The number of piperidine rings is 1. The van der Waals surface area contributed by atoms with Crippen molar-refractivity contribution in [2.75, 3.05) is 30.3 Å². The highest BCUT2D eigenvalue weighted by molar-refractivity contribution is 6.00. The van der Waals surface area contributed by atoms with Gasteiger partial charge in [0.15, 0.2) is 0 Å². The van der Waals surface area contributed by atoms with Crippen LogP contribution >= 0.6 is 0 Å². The Morgan fingerprint density at radius 3 is 2.67 bits per heavy atom. The highest BCUT2D eigenvalue weighted by Crippen LogP contribution is 2.26. The Bertz CT molecular complexity index is 827. The van der Waals surface area contributed by atoms with E-state index in [0.717, 1.165) is 49.3 Å². The van der Waals surface area contributed by atoms with E-state index in [1.165, 1.54) is 5.56 Å². The Labute approximate surface area is 159 Å². The van der Waals surface area contributed by atoms with Gasteiger partial charge in [0.1, 0.15) is 0 Å². The van der Waals surface area contributed by atoms with Crippen molar-refractivity contribution < 1.29 is 9.59 Å². The van der Waals surface area contributed by atoms with Gasteiger partial charge in [0.05, 0.1) is 13.0 Å². The van der Waals surface area contributed by atoms with Crippen molar-refractivity contribution in [1.29, 1.82) is 0 Å². The molecular formula is C22H25N3O2. The Hall–Kier alpha value is -2.66. The molecule has 2 aliphatic rings. The van der Waals surface area contributed by atoms with Crippen LogP contribution in [0.3, 0.4) is 0 Å². The van der Waals surface area contributed by atoms with E-state index in [-0.39, 0.29) is 11.8 Å². The van der Waals surface area contributed by atoms with Crippen molar-refractivity contribution in [1.82, 2.24) is 4.90 Å². The zero-order valence-corrected chi connectivity index (χ0v) is 15.4. The molecule has 0 bridgehead atoms. The lowest BCUT2D eigenvalue weighted by Crippen LogP contribution is -2.39. The summed E-state index contributed by atoms with van der Waals surface area (Å²) in [5.41, 5.74) is 3.95. The number of fused-ring (bicyclic) bond motifs is 1. The monoisotopic (exact) mass is 363 g/mol. The SMILES string of the molecule is O=C(CN1CCC(Cc2ccccc2)CC1)Nc1ccc2c(c1)CC(=O)N2. The van der Waals surface area contributed by atoms with E-state index in [0.29, 0.717) is 18.9 Å². The molecule has 5 heteroatoms. The van der Waals surface area contributed by atoms with Crippen molar-refractivity contribution >= 4 is 23.2 Å². The number of benzene rings is 2. The molecule has 0 radical (unpaired) electrons. The normalized spacial score (nSPS) is 17.4. The predicted octanol–water partition coefficient (Wildman–Crippen LogP) is 3.07. The van der Waals surface area contributed by atoms with E-state index < -0.39 is 0 Å². The first kappa shape index (κ1) is 17.7. The van der Waals surface area contributed by atoms with Gasteiger partial charge in [0.25, 0.3) is 0 Å². The van der Waals surface area contributed by atoms with E-state index in [1.54, 1.807) is 0 Å². The largest absolute Gasteiger partial charge is 0.326 e. The van der Waals surface area contributed by atoms with Crippen LogP contribution in [0.1, 0.15) is 24.0 Å². The molecule has 140 valence electrons. The van der Waals surface area contributed by atoms with Crippen molar-refractivity contribution in [3.63, 3.8) is 0 Å². The minimum atomic E-state index is 0.00634. The molecule has 2 aliphatic heterocycles. The molecule has 0 spiro atoms. The number of rotatable bonds is 5. The minimum Gasteiger partial charge on any atom is -0.326 e. The molecule has 0 aliphatic carbocycles. The fourth-order valence-corrected chi connectivity index (χ4v) is 4.01. The van der Waals surface area contributed by atoms with Crippen LogP contribution in [0.15, 0.2) is 48.5 Å². The van der Waals surface area contributed by atoms with E-state index in [2.05, 4.69) is 45.9 Å². The van der Waals surface area contributed by atoms with Crippen LogP contribution in [0.4, 0.5) is 11.4 Å². The van der Waals surface area contributed by atoms with Gasteiger partial charge in [-0.25, -0.2) is 0 Å². The second-order valence-corrected chi connectivity index (χ2v) is 7.55. The van der Waals surface area contributed by atoms with Crippen molar-refractivity contribution in [3.8, 4) is 0 Å². The van der Waals surface area contributed by atoms with Crippen LogP contribution < -0.4 is 10.6 Å². The number of hydrogen-bond donors (Lipinski definition) is 2. The number of nitrogens with one attached hydrogen (secondary N) is 2. The molecule has 0 unspecified atom stereocenters. The Kier molecular flexibility index (Phi) is 5.21. The number of hydrogen-bond acceptors (Lipinski definition) is 3. The van der Waals surface area contributed by atoms with Crippen LogP contribution in [0, 0.1) is 5.92 Å². The van der Waals surface area contributed by atoms with Gasteiger partial charge in [-0.15, -0.1) is 0 Å². The molecule has 2 amide bonds.